The van der Waals surface area contributed by atoms with Crippen molar-refractivity contribution >= 4 is 27.2 Å². The van der Waals surface area contributed by atoms with Gasteiger partial charge in [-0.15, -0.1) is 0 Å². The molecule has 1 aromatic carbocycles. The Kier molecular flexibility index (Phi) is 3.22. The van der Waals surface area contributed by atoms with E-state index in [2.05, 4.69) is 0 Å². The van der Waals surface area contributed by atoms with Crippen molar-refractivity contribution in [1.82, 2.24) is 0 Å². The average Bonchev–Trinajstić information content (AvgIpc) is 2.61. The molecule has 5 nitrogen and oxygen atoms in total. The molecule has 102 valence electrons. The zero-order chi connectivity index (χ0) is 14.4. The first-order valence-corrected chi connectivity index (χ1v) is 7.80. The Morgan fingerprint density at radius 1 is 1.37 bits per heavy atom. The Bertz CT molecular complexity index is 663. The van der Waals surface area contributed by atoms with E-state index < -0.39 is 20.9 Å². The third-order valence-corrected chi connectivity index (χ3v) is 4.95. The minimum atomic E-state index is -3.41. The maximum Gasteiger partial charge on any atom is 0.231 e. The predicted molar refractivity (Wildman–Crippen MR) is 72.2 cm³/mol. The molecule has 1 aliphatic heterocycles. The molecule has 0 fully saturated rings. The normalized spacial score (nSPS) is 16.4. The van der Waals surface area contributed by atoms with E-state index in [1.54, 1.807) is 25.2 Å². The first-order chi connectivity index (χ1) is 8.71. The smallest absolute Gasteiger partial charge is 0.231 e. The van der Waals surface area contributed by atoms with Crippen LogP contribution in [-0.2, 0) is 21.1 Å². The number of likely N-dealkylation sites (N-methyl/N-ethyl adjacent to an activating group) is 1. The summed E-state index contributed by atoms with van der Waals surface area (Å²) in [4.78, 5) is 25.2. The number of anilines is 1. The molecule has 6 heteroatoms. The molecule has 0 spiro atoms. The monoisotopic (exact) mass is 281 g/mol. The van der Waals surface area contributed by atoms with E-state index in [0.29, 0.717) is 5.56 Å². The van der Waals surface area contributed by atoms with Crippen LogP contribution in [0.5, 0.6) is 0 Å². The predicted octanol–water partition coefficient (Wildman–Crippen LogP) is 0.821. The number of amides is 1. The van der Waals surface area contributed by atoms with Gasteiger partial charge in [0.25, 0.3) is 0 Å². The molecule has 0 aromatic heterocycles. The third-order valence-electron chi connectivity index (χ3n) is 3.45. The highest BCUT2D eigenvalue weighted by Gasteiger charge is 2.28. The van der Waals surface area contributed by atoms with Gasteiger partial charge in [0.2, 0.25) is 5.91 Å². The van der Waals surface area contributed by atoms with E-state index in [1.165, 1.54) is 11.8 Å². The van der Waals surface area contributed by atoms with Gasteiger partial charge in [-0.05, 0) is 30.7 Å². The molecular formula is C13H15NO4S. The second-order valence-corrected chi connectivity index (χ2v) is 7.18. The highest BCUT2D eigenvalue weighted by molar-refractivity contribution is 7.92. The molecule has 0 N–H and O–H groups in total. The maximum atomic E-state index is 12.1. The van der Waals surface area contributed by atoms with Crippen molar-refractivity contribution in [2.24, 2.45) is 0 Å². The highest BCUT2D eigenvalue weighted by Crippen LogP contribution is 2.28. The van der Waals surface area contributed by atoms with Gasteiger partial charge in [0.15, 0.2) is 15.6 Å². The van der Waals surface area contributed by atoms with E-state index in [1.807, 2.05) is 0 Å². The Morgan fingerprint density at radius 3 is 2.58 bits per heavy atom. The molecule has 0 saturated heterocycles. The minimum absolute atomic E-state index is 0.0317. The first kappa shape index (κ1) is 13.7. The molecule has 0 bridgehead atoms. The molecular weight excluding hydrogens is 266 g/mol. The topological polar surface area (TPSA) is 71.5 Å². The van der Waals surface area contributed by atoms with E-state index in [-0.39, 0.29) is 12.3 Å². The molecule has 1 amide bonds. The zero-order valence-electron chi connectivity index (χ0n) is 11.0. The number of ketones is 1. The van der Waals surface area contributed by atoms with Crippen LogP contribution < -0.4 is 4.90 Å². The Morgan fingerprint density at radius 2 is 2.00 bits per heavy atom. The summed E-state index contributed by atoms with van der Waals surface area (Å²) < 4.78 is 22.8. The lowest BCUT2D eigenvalue weighted by molar-refractivity contribution is -0.117. The van der Waals surface area contributed by atoms with Crippen LogP contribution in [0.15, 0.2) is 18.2 Å². The second-order valence-electron chi connectivity index (χ2n) is 4.81. The van der Waals surface area contributed by atoms with Crippen molar-refractivity contribution in [1.29, 1.82) is 0 Å². The Balaban J connectivity index is 2.38. The summed E-state index contributed by atoms with van der Waals surface area (Å²) in [7, 11) is -1.74. The fourth-order valence-corrected chi connectivity index (χ4v) is 2.58. The molecule has 2 rings (SSSR count). The summed E-state index contributed by atoms with van der Waals surface area (Å²) in [6.45, 7) is 1.38. The number of sulfone groups is 1. The van der Waals surface area contributed by atoms with E-state index in [0.717, 1.165) is 17.5 Å². The van der Waals surface area contributed by atoms with Crippen LogP contribution in [0.1, 0.15) is 22.8 Å². The summed E-state index contributed by atoms with van der Waals surface area (Å²) in [5.41, 5.74) is 1.87. The van der Waals surface area contributed by atoms with Crippen molar-refractivity contribution in [3.63, 3.8) is 0 Å². The van der Waals surface area contributed by atoms with E-state index >= 15 is 0 Å². The highest BCUT2D eigenvalue weighted by atomic mass is 32.2. The Labute approximate surface area is 112 Å². The van der Waals surface area contributed by atoms with Crippen LogP contribution in [0.3, 0.4) is 0 Å². The number of benzene rings is 1. The fourth-order valence-electron chi connectivity index (χ4n) is 2.05. The van der Waals surface area contributed by atoms with Gasteiger partial charge in [-0.1, -0.05) is 0 Å². The molecule has 1 unspecified atom stereocenters. The molecule has 0 saturated carbocycles. The molecule has 1 atom stereocenters. The van der Waals surface area contributed by atoms with Crippen LogP contribution in [-0.4, -0.2) is 38.7 Å². The van der Waals surface area contributed by atoms with Crippen molar-refractivity contribution in [2.45, 2.75) is 18.6 Å². The van der Waals surface area contributed by atoms with Gasteiger partial charge in [-0.2, -0.15) is 0 Å². The van der Waals surface area contributed by atoms with Crippen LogP contribution >= 0.6 is 0 Å². The van der Waals surface area contributed by atoms with Crippen LogP contribution in [0.4, 0.5) is 5.69 Å². The molecule has 1 aromatic rings. The van der Waals surface area contributed by atoms with Crippen LogP contribution in [0, 0.1) is 0 Å². The molecule has 0 aliphatic carbocycles. The van der Waals surface area contributed by atoms with Gasteiger partial charge in [0, 0.05) is 24.6 Å². The zero-order valence-corrected chi connectivity index (χ0v) is 11.8. The van der Waals surface area contributed by atoms with Crippen molar-refractivity contribution in [2.75, 3.05) is 18.2 Å². The van der Waals surface area contributed by atoms with Crippen molar-refractivity contribution < 1.29 is 18.0 Å². The number of fused-ring (bicyclic) bond motifs is 1. The van der Waals surface area contributed by atoms with Gasteiger partial charge in [0.05, 0.1) is 6.42 Å². The van der Waals surface area contributed by atoms with Gasteiger partial charge >= 0.3 is 0 Å². The summed E-state index contributed by atoms with van der Waals surface area (Å²) in [5, 5.41) is -1.07. The summed E-state index contributed by atoms with van der Waals surface area (Å²) >= 11 is 0. The van der Waals surface area contributed by atoms with E-state index in [9.17, 15) is 18.0 Å². The van der Waals surface area contributed by atoms with Gasteiger partial charge in [-0.3, -0.25) is 9.59 Å². The van der Waals surface area contributed by atoms with Crippen LogP contribution in [0.2, 0.25) is 0 Å². The lowest BCUT2D eigenvalue weighted by Crippen LogP contribution is -2.26. The average molecular weight is 281 g/mol. The summed E-state index contributed by atoms with van der Waals surface area (Å²) in [6.07, 6.45) is 1.29. The lowest BCUT2D eigenvalue weighted by Gasteiger charge is -2.12. The Hall–Kier alpha value is -1.69. The summed E-state index contributed by atoms with van der Waals surface area (Å²) in [5.74, 6) is -0.469. The largest absolute Gasteiger partial charge is 0.315 e. The SMILES string of the molecule is CC(C(=O)c1ccc2c(c1)CC(=O)N2C)S(C)(=O)=O. The van der Waals surface area contributed by atoms with Gasteiger partial charge in [-0.25, -0.2) is 8.42 Å². The number of nitrogens with zero attached hydrogens (tertiary/aromatic N) is 1. The van der Waals surface area contributed by atoms with Crippen LogP contribution in [0.25, 0.3) is 0 Å². The second kappa shape index (κ2) is 4.45. The number of hydrogen-bond donors (Lipinski definition) is 0. The van der Waals surface area contributed by atoms with Crippen molar-refractivity contribution in [3.8, 4) is 0 Å². The van der Waals surface area contributed by atoms with E-state index in [4.69, 9.17) is 0 Å². The molecule has 19 heavy (non-hydrogen) atoms. The maximum absolute atomic E-state index is 12.1. The summed E-state index contributed by atoms with van der Waals surface area (Å²) in [6, 6.07) is 4.86. The standard InChI is InChI=1S/C13H15NO4S/c1-8(19(3,17)18)13(16)9-4-5-11-10(6-9)7-12(15)14(11)2/h4-6,8H,7H2,1-3H3. The number of rotatable bonds is 3. The lowest BCUT2D eigenvalue weighted by atomic mass is 10.0. The number of carbonyl (C=O) groups is 2. The molecule has 1 aliphatic rings. The fraction of sp³-hybridized carbons (Fsp3) is 0.385. The van der Waals surface area contributed by atoms with Gasteiger partial charge < -0.3 is 4.90 Å². The van der Waals surface area contributed by atoms with Crippen molar-refractivity contribution in [3.05, 3.63) is 29.3 Å². The minimum Gasteiger partial charge on any atom is -0.315 e. The molecule has 1 heterocycles. The molecule has 0 radical (unpaired) electrons. The third kappa shape index (κ3) is 2.40. The first-order valence-electron chi connectivity index (χ1n) is 5.84. The number of hydrogen-bond acceptors (Lipinski definition) is 4. The quantitative estimate of drug-likeness (QED) is 0.769. The van der Waals surface area contributed by atoms with Gasteiger partial charge in [0.1, 0.15) is 5.25 Å². The number of Topliss-reactive ketones (excluding diaryl/α,β-unsaturated/α-hetero) is 1. The number of carbonyl (C=O) groups excluding carboxylic acids is 2.